The maximum Gasteiger partial charge on any atom is 0.230 e. The molecule has 2 N–H and O–H groups in total. The number of halogens is 1. The molecule has 0 spiro atoms. The summed E-state index contributed by atoms with van der Waals surface area (Å²) >= 11 is 0. The fraction of sp³-hybridized carbons (Fsp3) is 0.632. The molecule has 5 heteroatoms. The molecule has 1 amide bonds. The lowest BCUT2D eigenvalue weighted by molar-refractivity contribution is -0.125. The molecule has 3 aliphatic rings. The second kappa shape index (κ2) is 6.03. The number of anilines is 1. The van der Waals surface area contributed by atoms with Crippen molar-refractivity contribution in [2.24, 2.45) is 23.5 Å². The molecule has 4 rings (SSSR count). The van der Waals surface area contributed by atoms with Crippen molar-refractivity contribution in [3.63, 3.8) is 0 Å². The quantitative estimate of drug-likeness (QED) is 0.860. The Hall–Kier alpha value is -1.62. The second-order valence-corrected chi connectivity index (χ2v) is 7.69. The van der Waals surface area contributed by atoms with Gasteiger partial charge in [-0.25, -0.2) is 4.39 Å². The Bertz CT molecular complexity index is 636. The van der Waals surface area contributed by atoms with Crippen LogP contribution in [-0.4, -0.2) is 24.6 Å². The highest BCUT2D eigenvalue weighted by molar-refractivity contribution is 5.97. The number of carbonyl (C=O) groups excluding carboxylic acids is 1. The van der Waals surface area contributed by atoms with Crippen molar-refractivity contribution in [2.75, 3.05) is 11.4 Å². The van der Waals surface area contributed by atoms with Crippen molar-refractivity contribution < 1.29 is 13.9 Å². The average molecular weight is 332 g/mol. The molecule has 2 saturated carbocycles. The third-order valence-corrected chi connectivity index (χ3v) is 6.01. The zero-order chi connectivity index (χ0) is 16.8. The van der Waals surface area contributed by atoms with E-state index in [2.05, 4.69) is 0 Å². The fourth-order valence-corrected chi connectivity index (χ4v) is 4.83. The number of hydrogen-bond donors (Lipinski definition) is 1. The average Bonchev–Trinajstić information content (AvgIpc) is 2.52. The van der Waals surface area contributed by atoms with Crippen LogP contribution in [0.4, 0.5) is 10.1 Å². The van der Waals surface area contributed by atoms with Crippen LogP contribution < -0.4 is 15.4 Å². The number of nitrogens with two attached hydrogens (primary N) is 1. The van der Waals surface area contributed by atoms with Crippen LogP contribution in [-0.2, 0) is 4.79 Å². The molecule has 1 heterocycles. The largest absolute Gasteiger partial charge is 0.487 e. The zero-order valence-corrected chi connectivity index (χ0v) is 14.1. The van der Waals surface area contributed by atoms with E-state index in [1.807, 2.05) is 6.92 Å². The van der Waals surface area contributed by atoms with Crippen LogP contribution >= 0.6 is 0 Å². The lowest BCUT2D eigenvalue weighted by atomic mass is 9.65. The van der Waals surface area contributed by atoms with Crippen LogP contribution in [0.25, 0.3) is 0 Å². The molecule has 24 heavy (non-hydrogen) atoms. The highest BCUT2D eigenvalue weighted by Crippen LogP contribution is 2.44. The predicted molar refractivity (Wildman–Crippen MR) is 90.4 cm³/mol. The van der Waals surface area contributed by atoms with E-state index in [9.17, 15) is 9.18 Å². The summed E-state index contributed by atoms with van der Waals surface area (Å²) in [5.74, 6) is 1.25. The third-order valence-electron chi connectivity index (χ3n) is 6.01. The third kappa shape index (κ3) is 2.69. The fourth-order valence-electron chi connectivity index (χ4n) is 4.83. The molecule has 1 aromatic carbocycles. The number of benzene rings is 1. The number of rotatable bonds is 1. The molecule has 2 aliphatic carbocycles. The minimum atomic E-state index is -0.339. The van der Waals surface area contributed by atoms with Gasteiger partial charge in [-0.3, -0.25) is 4.79 Å². The van der Waals surface area contributed by atoms with Gasteiger partial charge in [-0.15, -0.1) is 0 Å². The van der Waals surface area contributed by atoms with Gasteiger partial charge in [-0.2, -0.15) is 0 Å². The van der Waals surface area contributed by atoms with E-state index < -0.39 is 0 Å². The first-order valence-electron chi connectivity index (χ1n) is 9.06. The normalized spacial score (nSPS) is 35.1. The minimum absolute atomic E-state index is 0.0308. The van der Waals surface area contributed by atoms with Gasteiger partial charge in [-0.05, 0) is 56.6 Å². The Labute approximate surface area is 142 Å². The molecule has 0 radical (unpaired) electrons. The van der Waals surface area contributed by atoms with Crippen LogP contribution in [0.3, 0.4) is 0 Å². The van der Waals surface area contributed by atoms with Crippen molar-refractivity contribution in [2.45, 2.75) is 51.2 Å². The van der Waals surface area contributed by atoms with Crippen molar-refractivity contribution >= 4 is 11.6 Å². The van der Waals surface area contributed by atoms with Gasteiger partial charge in [0, 0.05) is 18.0 Å². The van der Waals surface area contributed by atoms with Crippen LogP contribution in [0.15, 0.2) is 18.2 Å². The molecule has 2 fully saturated rings. The van der Waals surface area contributed by atoms with E-state index in [1.54, 1.807) is 11.0 Å². The lowest BCUT2D eigenvalue weighted by Crippen LogP contribution is -2.51. The summed E-state index contributed by atoms with van der Waals surface area (Å²) in [6.45, 7) is 2.44. The van der Waals surface area contributed by atoms with Crippen molar-refractivity contribution in [3.05, 3.63) is 24.0 Å². The smallest absolute Gasteiger partial charge is 0.230 e. The molecule has 0 aromatic heterocycles. The van der Waals surface area contributed by atoms with E-state index in [4.69, 9.17) is 10.5 Å². The van der Waals surface area contributed by atoms with Gasteiger partial charge in [0.15, 0.2) is 0 Å². The monoisotopic (exact) mass is 332 g/mol. The van der Waals surface area contributed by atoms with E-state index in [-0.39, 0.29) is 29.8 Å². The maximum atomic E-state index is 13.5. The molecule has 4 nitrogen and oxygen atoms in total. The number of carbonyl (C=O) groups is 1. The maximum absolute atomic E-state index is 13.5. The van der Waals surface area contributed by atoms with Crippen LogP contribution in [0.5, 0.6) is 5.75 Å². The van der Waals surface area contributed by atoms with Gasteiger partial charge in [0.2, 0.25) is 5.91 Å². The van der Waals surface area contributed by atoms with Crippen LogP contribution in [0, 0.1) is 23.6 Å². The molecule has 2 bridgehead atoms. The summed E-state index contributed by atoms with van der Waals surface area (Å²) in [4.78, 5) is 15.0. The first-order chi connectivity index (χ1) is 11.5. The number of fused-ring (bicyclic) bond motifs is 3. The van der Waals surface area contributed by atoms with Gasteiger partial charge in [0.1, 0.15) is 17.7 Å². The van der Waals surface area contributed by atoms with Crippen LogP contribution in [0.2, 0.25) is 0 Å². The molecule has 1 aliphatic heterocycles. The first-order valence-corrected chi connectivity index (χ1v) is 9.06. The summed E-state index contributed by atoms with van der Waals surface area (Å²) < 4.78 is 19.2. The Morgan fingerprint density at radius 1 is 1.29 bits per heavy atom. The zero-order valence-electron chi connectivity index (χ0n) is 14.1. The second-order valence-electron chi connectivity index (χ2n) is 7.69. The van der Waals surface area contributed by atoms with Gasteiger partial charge >= 0.3 is 0 Å². The molecule has 0 saturated heterocycles. The van der Waals surface area contributed by atoms with E-state index in [0.29, 0.717) is 29.8 Å². The van der Waals surface area contributed by atoms with Gasteiger partial charge in [-0.1, -0.05) is 6.42 Å². The van der Waals surface area contributed by atoms with Crippen LogP contribution in [0.1, 0.15) is 39.0 Å². The van der Waals surface area contributed by atoms with E-state index in [1.165, 1.54) is 18.6 Å². The Morgan fingerprint density at radius 3 is 2.71 bits per heavy atom. The summed E-state index contributed by atoms with van der Waals surface area (Å²) in [6, 6.07) is 4.68. The van der Waals surface area contributed by atoms with E-state index >= 15 is 0 Å². The highest BCUT2D eigenvalue weighted by atomic mass is 19.1. The first kappa shape index (κ1) is 15.9. The molecular weight excluding hydrogens is 307 g/mol. The van der Waals surface area contributed by atoms with Gasteiger partial charge in [0.05, 0.1) is 12.2 Å². The number of ether oxygens (including phenoxy) is 1. The lowest BCUT2D eigenvalue weighted by Gasteiger charge is -2.45. The Morgan fingerprint density at radius 2 is 2.00 bits per heavy atom. The van der Waals surface area contributed by atoms with Crippen molar-refractivity contribution in [3.8, 4) is 5.75 Å². The number of amides is 1. The highest BCUT2D eigenvalue weighted by Gasteiger charge is 2.42. The van der Waals surface area contributed by atoms with Gasteiger partial charge in [0.25, 0.3) is 0 Å². The molecular formula is C19H25FN2O2. The summed E-state index contributed by atoms with van der Waals surface area (Å²) in [5.41, 5.74) is 7.05. The SMILES string of the molecule is CC1CN(C(=O)C2CC3CCCC(C2)C3N)c2ccc(F)cc2O1. The number of nitrogens with zero attached hydrogens (tertiary/aromatic N) is 1. The Kier molecular flexibility index (Phi) is 3.99. The Balaban J connectivity index is 1.59. The molecule has 3 atom stereocenters. The number of hydrogen-bond acceptors (Lipinski definition) is 3. The molecule has 3 unspecified atom stereocenters. The van der Waals surface area contributed by atoms with Gasteiger partial charge < -0.3 is 15.4 Å². The topological polar surface area (TPSA) is 55.6 Å². The van der Waals surface area contributed by atoms with E-state index in [0.717, 1.165) is 25.7 Å². The van der Waals surface area contributed by atoms with Crippen molar-refractivity contribution in [1.29, 1.82) is 0 Å². The minimum Gasteiger partial charge on any atom is -0.487 e. The standard InChI is InChI=1S/C19H25FN2O2/c1-11-10-22(16-6-5-15(20)9-17(16)24-11)19(23)14-7-12-3-2-4-13(8-14)18(12)21/h5-6,9,11-14,18H,2-4,7-8,10,21H2,1H3. The predicted octanol–water partition coefficient (Wildman–Crippen LogP) is 3.09. The summed E-state index contributed by atoms with van der Waals surface area (Å²) in [7, 11) is 0. The molecule has 130 valence electrons. The summed E-state index contributed by atoms with van der Waals surface area (Å²) in [5, 5.41) is 0. The molecule has 1 aromatic rings. The van der Waals surface area contributed by atoms with Crippen molar-refractivity contribution in [1.82, 2.24) is 0 Å². The summed E-state index contributed by atoms with van der Waals surface area (Å²) in [6.07, 6.45) is 5.16.